The second-order valence-corrected chi connectivity index (χ2v) is 4.80. The average Bonchev–Trinajstić information content (AvgIpc) is 2.85. The summed E-state index contributed by atoms with van der Waals surface area (Å²) in [6, 6.07) is 8.53. The summed E-state index contributed by atoms with van der Waals surface area (Å²) >= 11 is 3.33. The summed E-state index contributed by atoms with van der Waals surface area (Å²) in [6.45, 7) is 1.86. The van der Waals surface area contributed by atoms with Gasteiger partial charge in [-0.1, -0.05) is 0 Å². The van der Waals surface area contributed by atoms with Crippen molar-refractivity contribution in [3.63, 3.8) is 0 Å². The lowest BCUT2D eigenvalue weighted by Crippen LogP contribution is -2.26. The minimum absolute atomic E-state index is 0.194. The Morgan fingerprint density at radius 2 is 2.22 bits per heavy atom. The predicted octanol–water partition coefficient (Wildman–Crippen LogP) is 3.12. The molecule has 0 aliphatic rings. The first-order valence-electron chi connectivity index (χ1n) is 5.47. The second kappa shape index (κ2) is 5.27. The van der Waals surface area contributed by atoms with Gasteiger partial charge in [-0.3, -0.25) is 4.79 Å². The molecule has 4 nitrogen and oxygen atoms in total. The van der Waals surface area contributed by atoms with Gasteiger partial charge in [0.15, 0.2) is 0 Å². The molecule has 1 heterocycles. The highest BCUT2D eigenvalue weighted by Crippen LogP contribution is 2.21. The van der Waals surface area contributed by atoms with E-state index in [-0.39, 0.29) is 11.9 Å². The molecule has 2 rings (SSSR count). The van der Waals surface area contributed by atoms with Crippen LogP contribution in [-0.4, -0.2) is 5.91 Å². The topological polar surface area (TPSA) is 68.3 Å². The summed E-state index contributed by atoms with van der Waals surface area (Å²) in [5.41, 5.74) is 6.73. The molecule has 1 unspecified atom stereocenters. The van der Waals surface area contributed by atoms with Crippen LogP contribution in [0.25, 0.3) is 0 Å². The van der Waals surface area contributed by atoms with Gasteiger partial charge in [0.1, 0.15) is 5.76 Å². The fourth-order valence-corrected chi connectivity index (χ4v) is 2.03. The van der Waals surface area contributed by atoms with Gasteiger partial charge in [-0.05, 0) is 53.2 Å². The zero-order valence-corrected chi connectivity index (χ0v) is 11.4. The number of carbonyl (C=O) groups is 1. The summed E-state index contributed by atoms with van der Waals surface area (Å²) < 4.78 is 5.94. The lowest BCUT2D eigenvalue weighted by atomic mass is 10.1. The number of nitrogens with two attached hydrogens (primary N) is 1. The highest BCUT2D eigenvalue weighted by Gasteiger charge is 2.15. The number of nitrogen functional groups attached to an aromatic ring is 1. The Bertz CT molecular complexity index is 552. The molecule has 1 atom stereocenters. The number of hydrogen-bond acceptors (Lipinski definition) is 3. The number of carbonyl (C=O) groups excluding carboxylic acids is 1. The van der Waals surface area contributed by atoms with Crippen LogP contribution in [0.1, 0.15) is 29.1 Å². The Balaban J connectivity index is 2.15. The third-order valence-electron chi connectivity index (χ3n) is 2.55. The first-order valence-corrected chi connectivity index (χ1v) is 6.26. The fraction of sp³-hybridized carbons (Fsp3) is 0.154. The average molecular weight is 309 g/mol. The summed E-state index contributed by atoms with van der Waals surface area (Å²) in [6.07, 6.45) is 1.58. The van der Waals surface area contributed by atoms with Crippen LogP contribution >= 0.6 is 15.9 Å². The molecule has 94 valence electrons. The number of benzene rings is 1. The number of hydrogen-bond donors (Lipinski definition) is 2. The molecular weight excluding hydrogens is 296 g/mol. The van der Waals surface area contributed by atoms with Gasteiger partial charge in [-0.2, -0.15) is 0 Å². The maximum atomic E-state index is 12.1. The molecule has 0 aliphatic heterocycles. The van der Waals surface area contributed by atoms with Crippen LogP contribution in [0, 0.1) is 0 Å². The van der Waals surface area contributed by atoms with Gasteiger partial charge in [0, 0.05) is 10.2 Å². The van der Waals surface area contributed by atoms with Crippen molar-refractivity contribution in [2.75, 3.05) is 5.73 Å². The third kappa shape index (κ3) is 2.73. The van der Waals surface area contributed by atoms with Crippen LogP contribution in [0.4, 0.5) is 5.69 Å². The van der Waals surface area contributed by atoms with Crippen LogP contribution in [0.15, 0.2) is 45.5 Å². The van der Waals surface area contributed by atoms with Crippen LogP contribution in [0.3, 0.4) is 0 Å². The van der Waals surface area contributed by atoms with E-state index in [1.807, 2.05) is 13.0 Å². The van der Waals surface area contributed by atoms with Gasteiger partial charge in [0.05, 0.1) is 17.9 Å². The lowest BCUT2D eigenvalue weighted by molar-refractivity contribution is 0.0934. The molecule has 1 amide bonds. The highest BCUT2D eigenvalue weighted by molar-refractivity contribution is 9.10. The minimum atomic E-state index is -0.196. The third-order valence-corrected chi connectivity index (χ3v) is 3.24. The molecule has 0 fully saturated rings. The largest absolute Gasteiger partial charge is 0.467 e. The molecule has 0 radical (unpaired) electrons. The normalized spacial score (nSPS) is 12.1. The molecule has 0 aliphatic carbocycles. The van der Waals surface area contributed by atoms with Gasteiger partial charge >= 0.3 is 0 Å². The maximum Gasteiger partial charge on any atom is 0.253 e. The highest BCUT2D eigenvalue weighted by atomic mass is 79.9. The van der Waals surface area contributed by atoms with E-state index in [0.717, 1.165) is 0 Å². The number of halogens is 1. The quantitative estimate of drug-likeness (QED) is 0.856. The van der Waals surface area contributed by atoms with Gasteiger partial charge in [-0.25, -0.2) is 0 Å². The number of furan rings is 1. The number of anilines is 1. The van der Waals surface area contributed by atoms with E-state index < -0.39 is 0 Å². The van der Waals surface area contributed by atoms with Crippen molar-refractivity contribution in [3.8, 4) is 0 Å². The molecule has 18 heavy (non-hydrogen) atoms. The Labute approximate surface area is 113 Å². The van der Waals surface area contributed by atoms with Gasteiger partial charge in [-0.15, -0.1) is 0 Å². The molecule has 5 heteroatoms. The number of amides is 1. The molecule has 0 saturated carbocycles. The zero-order valence-electron chi connectivity index (χ0n) is 9.81. The van der Waals surface area contributed by atoms with Crippen LogP contribution < -0.4 is 11.1 Å². The first-order chi connectivity index (χ1) is 8.58. The van der Waals surface area contributed by atoms with E-state index in [1.54, 1.807) is 30.5 Å². The minimum Gasteiger partial charge on any atom is -0.467 e. The van der Waals surface area contributed by atoms with Crippen molar-refractivity contribution in [2.24, 2.45) is 0 Å². The van der Waals surface area contributed by atoms with Crippen LogP contribution in [0.2, 0.25) is 0 Å². The van der Waals surface area contributed by atoms with Crippen molar-refractivity contribution in [1.29, 1.82) is 0 Å². The molecule has 3 N–H and O–H groups in total. The van der Waals surface area contributed by atoms with Gasteiger partial charge in [0.2, 0.25) is 0 Å². The summed E-state index contributed by atoms with van der Waals surface area (Å²) in [5.74, 6) is 0.515. The van der Waals surface area contributed by atoms with Crippen LogP contribution in [0.5, 0.6) is 0 Å². The molecule has 0 spiro atoms. The number of nitrogens with one attached hydrogen (secondary N) is 1. The standard InChI is InChI=1S/C13H13BrN2O2/c1-8(12-3-2-6-18-12)16-13(17)10-7-9(15)4-5-11(10)14/h2-8H,15H2,1H3,(H,16,17). The van der Waals surface area contributed by atoms with E-state index >= 15 is 0 Å². The number of rotatable bonds is 3. The van der Waals surface area contributed by atoms with Gasteiger partial charge < -0.3 is 15.5 Å². The fourth-order valence-electron chi connectivity index (χ4n) is 1.60. The van der Waals surface area contributed by atoms with Crippen LogP contribution in [-0.2, 0) is 0 Å². The smallest absolute Gasteiger partial charge is 0.253 e. The maximum absolute atomic E-state index is 12.1. The summed E-state index contributed by atoms with van der Waals surface area (Å²) in [4.78, 5) is 12.1. The predicted molar refractivity (Wildman–Crippen MR) is 73.1 cm³/mol. The summed E-state index contributed by atoms with van der Waals surface area (Å²) in [7, 11) is 0. The van der Waals surface area contributed by atoms with Gasteiger partial charge in [0.25, 0.3) is 5.91 Å². The van der Waals surface area contributed by atoms with Crippen molar-refractivity contribution in [2.45, 2.75) is 13.0 Å². The van der Waals surface area contributed by atoms with Crippen molar-refractivity contribution < 1.29 is 9.21 Å². The van der Waals surface area contributed by atoms with E-state index in [0.29, 0.717) is 21.5 Å². The zero-order chi connectivity index (χ0) is 13.1. The Hall–Kier alpha value is -1.75. The summed E-state index contributed by atoms with van der Waals surface area (Å²) in [5, 5.41) is 2.85. The first kappa shape index (κ1) is 12.7. The SMILES string of the molecule is CC(NC(=O)c1cc(N)ccc1Br)c1ccco1. The molecule has 0 saturated heterocycles. The molecule has 2 aromatic rings. The van der Waals surface area contributed by atoms with E-state index in [2.05, 4.69) is 21.2 Å². The Morgan fingerprint density at radius 1 is 1.44 bits per heavy atom. The van der Waals surface area contributed by atoms with E-state index in [4.69, 9.17) is 10.2 Å². The van der Waals surface area contributed by atoms with Crippen molar-refractivity contribution in [1.82, 2.24) is 5.32 Å². The molecule has 1 aromatic carbocycles. The van der Waals surface area contributed by atoms with E-state index in [1.165, 1.54) is 0 Å². The molecular formula is C13H13BrN2O2. The molecule has 0 bridgehead atoms. The Morgan fingerprint density at radius 3 is 2.89 bits per heavy atom. The second-order valence-electron chi connectivity index (χ2n) is 3.95. The lowest BCUT2D eigenvalue weighted by Gasteiger charge is -2.12. The van der Waals surface area contributed by atoms with E-state index in [9.17, 15) is 4.79 Å². The van der Waals surface area contributed by atoms with Crippen molar-refractivity contribution in [3.05, 3.63) is 52.4 Å². The Kier molecular flexibility index (Phi) is 3.72. The molecule has 1 aromatic heterocycles. The van der Waals surface area contributed by atoms with Crippen molar-refractivity contribution >= 4 is 27.5 Å². The monoisotopic (exact) mass is 308 g/mol.